The van der Waals surface area contributed by atoms with Gasteiger partial charge in [0.25, 0.3) is 0 Å². The van der Waals surface area contributed by atoms with Gasteiger partial charge in [0, 0.05) is 29.3 Å². The molecule has 1 aliphatic heterocycles. The lowest BCUT2D eigenvalue weighted by molar-refractivity contribution is 0.565. The summed E-state index contributed by atoms with van der Waals surface area (Å²) in [5.41, 5.74) is 1.05. The average Bonchev–Trinajstić information content (AvgIpc) is 2.96. The normalized spacial score (nSPS) is 19.9. The lowest BCUT2D eigenvalue weighted by Gasteiger charge is -2.10. The third-order valence-electron chi connectivity index (χ3n) is 3.19. The van der Waals surface area contributed by atoms with Crippen LogP contribution in [0.5, 0.6) is 0 Å². The maximum Gasteiger partial charge on any atom is 0.250 e. The van der Waals surface area contributed by atoms with Gasteiger partial charge in [-0.05, 0) is 30.7 Å². The molecule has 114 valence electrons. The molecular weight excluding hydrogens is 312 g/mol. The Kier molecular flexibility index (Phi) is 5.53. The summed E-state index contributed by atoms with van der Waals surface area (Å²) in [5, 5.41) is 3.33. The molecule has 20 heavy (non-hydrogen) atoms. The molecule has 0 amide bonds. The first-order valence-corrected chi connectivity index (χ1v) is 10.3. The molecule has 0 aromatic carbocycles. The summed E-state index contributed by atoms with van der Waals surface area (Å²) < 4.78 is 28.0. The number of sulfonamides is 1. The zero-order chi connectivity index (χ0) is 14.8. The molecule has 2 N–H and O–H groups in total. The van der Waals surface area contributed by atoms with Crippen molar-refractivity contribution in [3.05, 3.63) is 16.5 Å². The number of hydrogen-bond acceptors (Lipinski definition) is 5. The lowest BCUT2D eigenvalue weighted by Crippen LogP contribution is -2.34. The Morgan fingerprint density at radius 1 is 1.45 bits per heavy atom. The van der Waals surface area contributed by atoms with E-state index in [1.807, 2.05) is 6.92 Å². The molecular formula is C13H22N2O2S3. The predicted molar refractivity (Wildman–Crippen MR) is 87.1 cm³/mol. The monoisotopic (exact) mass is 334 g/mol. The zero-order valence-electron chi connectivity index (χ0n) is 12.1. The van der Waals surface area contributed by atoms with Crippen molar-refractivity contribution in [3.8, 4) is 0 Å². The largest absolute Gasteiger partial charge is 0.310 e. The minimum atomic E-state index is -3.36. The fourth-order valence-electron chi connectivity index (χ4n) is 2.00. The van der Waals surface area contributed by atoms with Crippen molar-refractivity contribution in [2.24, 2.45) is 0 Å². The van der Waals surface area contributed by atoms with Crippen LogP contribution >= 0.6 is 23.1 Å². The molecule has 0 saturated carbocycles. The summed E-state index contributed by atoms with van der Waals surface area (Å²) in [6.45, 7) is 6.86. The van der Waals surface area contributed by atoms with E-state index in [4.69, 9.17) is 0 Å². The van der Waals surface area contributed by atoms with E-state index in [-0.39, 0.29) is 6.04 Å². The maximum atomic E-state index is 12.4. The van der Waals surface area contributed by atoms with Crippen LogP contribution in [0.4, 0.5) is 0 Å². The topological polar surface area (TPSA) is 58.2 Å². The van der Waals surface area contributed by atoms with E-state index in [9.17, 15) is 8.42 Å². The van der Waals surface area contributed by atoms with Crippen LogP contribution in [0, 0.1) is 6.92 Å². The number of thiophene rings is 1. The smallest absolute Gasteiger partial charge is 0.250 e. The number of aryl methyl sites for hydroxylation is 1. The van der Waals surface area contributed by atoms with Gasteiger partial charge in [0.05, 0.1) is 0 Å². The lowest BCUT2D eigenvalue weighted by atomic mass is 10.3. The third kappa shape index (κ3) is 4.21. The summed E-state index contributed by atoms with van der Waals surface area (Å²) in [6.07, 6.45) is 0.927. The van der Waals surface area contributed by atoms with Crippen LogP contribution in [-0.2, 0) is 16.6 Å². The Labute approximate surface area is 129 Å². The molecule has 1 atom stereocenters. The van der Waals surface area contributed by atoms with Crippen LogP contribution in [0.2, 0.25) is 0 Å². The second-order valence-electron chi connectivity index (χ2n) is 5.39. The fourth-order valence-corrected chi connectivity index (χ4v) is 6.08. The highest BCUT2D eigenvalue weighted by atomic mass is 32.2. The Morgan fingerprint density at radius 3 is 2.80 bits per heavy atom. The molecule has 7 heteroatoms. The van der Waals surface area contributed by atoms with Gasteiger partial charge < -0.3 is 5.32 Å². The van der Waals surface area contributed by atoms with E-state index in [2.05, 4.69) is 23.9 Å². The van der Waals surface area contributed by atoms with Gasteiger partial charge >= 0.3 is 0 Å². The van der Waals surface area contributed by atoms with Gasteiger partial charge in [-0.3, -0.25) is 0 Å². The van der Waals surface area contributed by atoms with Crippen LogP contribution in [0.15, 0.2) is 10.3 Å². The zero-order valence-corrected chi connectivity index (χ0v) is 14.6. The van der Waals surface area contributed by atoms with E-state index in [0.29, 0.717) is 10.3 Å². The van der Waals surface area contributed by atoms with Crippen LogP contribution in [0.1, 0.15) is 30.7 Å². The van der Waals surface area contributed by atoms with Crippen molar-refractivity contribution < 1.29 is 8.42 Å². The fraction of sp³-hybridized carbons (Fsp3) is 0.692. The molecule has 2 rings (SSSR count). The minimum Gasteiger partial charge on any atom is -0.310 e. The highest BCUT2D eigenvalue weighted by molar-refractivity contribution is 7.99. The van der Waals surface area contributed by atoms with Crippen LogP contribution in [0.3, 0.4) is 0 Å². The van der Waals surface area contributed by atoms with Crippen molar-refractivity contribution >= 4 is 33.1 Å². The summed E-state index contributed by atoms with van der Waals surface area (Å²) in [5.74, 6) is 1.92. The second kappa shape index (κ2) is 6.79. The molecule has 1 aromatic heterocycles. The summed E-state index contributed by atoms with van der Waals surface area (Å²) >= 11 is 3.18. The van der Waals surface area contributed by atoms with Gasteiger partial charge in [-0.1, -0.05) is 13.8 Å². The van der Waals surface area contributed by atoms with E-state index in [0.717, 1.165) is 34.9 Å². The van der Waals surface area contributed by atoms with Gasteiger partial charge in [0.15, 0.2) is 0 Å². The first kappa shape index (κ1) is 16.3. The molecule has 0 aliphatic carbocycles. The van der Waals surface area contributed by atoms with E-state index < -0.39 is 10.0 Å². The highest BCUT2D eigenvalue weighted by Crippen LogP contribution is 2.27. The molecule has 0 radical (unpaired) electrons. The summed E-state index contributed by atoms with van der Waals surface area (Å²) in [6, 6.07) is 2.27. The summed E-state index contributed by atoms with van der Waals surface area (Å²) in [4.78, 5) is 1.10. The molecule has 4 nitrogen and oxygen atoms in total. The Bertz CT molecular complexity index is 546. The highest BCUT2D eigenvalue weighted by Gasteiger charge is 2.25. The van der Waals surface area contributed by atoms with Gasteiger partial charge in [-0.25, -0.2) is 13.1 Å². The van der Waals surface area contributed by atoms with Crippen molar-refractivity contribution in [2.45, 2.75) is 50.0 Å². The third-order valence-corrected chi connectivity index (χ3v) is 7.58. The maximum absolute atomic E-state index is 12.4. The van der Waals surface area contributed by atoms with Gasteiger partial charge in [0.1, 0.15) is 4.21 Å². The number of thioether (sulfide) groups is 1. The number of hydrogen-bond donors (Lipinski definition) is 2. The standard InChI is InChI=1S/C13H22N2O2S3/c1-9(2)14-7-12-10(3)6-13(19-12)20(16,17)15-11-4-5-18-8-11/h6,9,11,14-15H,4-5,7-8H2,1-3H3. The van der Waals surface area contributed by atoms with Crippen LogP contribution in [0.25, 0.3) is 0 Å². The molecule has 1 aromatic rings. The predicted octanol–water partition coefficient (Wildman–Crippen LogP) is 2.34. The van der Waals surface area contributed by atoms with Crippen molar-refractivity contribution in [1.29, 1.82) is 0 Å². The Morgan fingerprint density at radius 2 is 2.20 bits per heavy atom. The van der Waals surface area contributed by atoms with Crippen molar-refractivity contribution in [1.82, 2.24) is 10.0 Å². The Hall–Kier alpha value is -0.0800. The van der Waals surface area contributed by atoms with Gasteiger partial charge in [0.2, 0.25) is 10.0 Å². The molecule has 1 fully saturated rings. The first-order valence-electron chi connectivity index (χ1n) is 6.81. The molecule has 0 spiro atoms. The molecule has 1 unspecified atom stereocenters. The van der Waals surface area contributed by atoms with Gasteiger partial charge in [-0.2, -0.15) is 11.8 Å². The molecule has 1 aliphatic rings. The second-order valence-corrected chi connectivity index (χ2v) is 9.62. The van der Waals surface area contributed by atoms with E-state index in [1.165, 1.54) is 11.3 Å². The average molecular weight is 335 g/mol. The minimum absolute atomic E-state index is 0.0876. The van der Waals surface area contributed by atoms with Crippen molar-refractivity contribution in [3.63, 3.8) is 0 Å². The quantitative estimate of drug-likeness (QED) is 0.838. The molecule has 0 bridgehead atoms. The first-order chi connectivity index (χ1) is 9.38. The SMILES string of the molecule is Cc1cc(S(=O)(=O)NC2CCSC2)sc1CNC(C)C. The van der Waals surface area contributed by atoms with Crippen LogP contribution in [-0.4, -0.2) is 32.0 Å². The van der Waals surface area contributed by atoms with Gasteiger partial charge in [-0.15, -0.1) is 11.3 Å². The summed E-state index contributed by atoms with van der Waals surface area (Å²) in [7, 11) is -3.36. The van der Waals surface area contributed by atoms with E-state index >= 15 is 0 Å². The van der Waals surface area contributed by atoms with E-state index in [1.54, 1.807) is 17.8 Å². The number of rotatable bonds is 6. The molecule has 2 heterocycles. The van der Waals surface area contributed by atoms with Crippen molar-refractivity contribution in [2.75, 3.05) is 11.5 Å². The Balaban J connectivity index is 2.09. The van der Waals surface area contributed by atoms with Crippen LogP contribution < -0.4 is 10.0 Å². The molecule has 1 saturated heterocycles. The number of nitrogens with one attached hydrogen (secondary N) is 2.